The number of nitriles is 1. The number of nitrogens with two attached hydrogens (primary N) is 1. The summed E-state index contributed by atoms with van der Waals surface area (Å²) in [5.74, 6) is 0. The first-order valence-electron chi connectivity index (χ1n) is 4.08. The van der Waals surface area contributed by atoms with E-state index >= 15 is 0 Å². The van der Waals surface area contributed by atoms with Gasteiger partial charge in [-0.3, -0.25) is 0 Å². The zero-order chi connectivity index (χ0) is 11.6. The first kappa shape index (κ1) is 12.0. The van der Waals surface area contributed by atoms with Gasteiger partial charge in [-0.1, -0.05) is 0 Å². The van der Waals surface area contributed by atoms with E-state index in [9.17, 15) is 8.42 Å². The molecular formula is C9H9ClN2O2S. The third-order valence-corrected chi connectivity index (χ3v) is 3.53. The maximum absolute atomic E-state index is 11.2. The van der Waals surface area contributed by atoms with Crippen molar-refractivity contribution in [3.8, 4) is 6.07 Å². The highest BCUT2D eigenvalue weighted by atomic mass is 35.7. The second-order valence-electron chi connectivity index (χ2n) is 3.01. The molecule has 0 heterocycles. The molecule has 0 saturated carbocycles. The van der Waals surface area contributed by atoms with Crippen LogP contribution in [-0.4, -0.2) is 8.42 Å². The molecular weight excluding hydrogens is 236 g/mol. The number of benzene rings is 1. The zero-order valence-corrected chi connectivity index (χ0v) is 9.56. The van der Waals surface area contributed by atoms with Crippen molar-refractivity contribution in [2.24, 2.45) is 5.73 Å². The fraction of sp³-hybridized carbons (Fsp3) is 0.222. The van der Waals surface area contributed by atoms with E-state index in [-0.39, 0.29) is 17.0 Å². The number of rotatable bonds is 2. The van der Waals surface area contributed by atoms with Gasteiger partial charge in [-0.05, 0) is 30.2 Å². The van der Waals surface area contributed by atoms with Crippen LogP contribution in [0.5, 0.6) is 0 Å². The van der Waals surface area contributed by atoms with Crippen molar-refractivity contribution < 1.29 is 8.42 Å². The SMILES string of the molecule is Cc1c(CN)cc(C#N)cc1S(=O)(=O)Cl. The van der Waals surface area contributed by atoms with Crippen LogP contribution in [0.4, 0.5) is 0 Å². The van der Waals surface area contributed by atoms with Gasteiger partial charge < -0.3 is 5.73 Å². The van der Waals surface area contributed by atoms with Crippen molar-refractivity contribution in [2.75, 3.05) is 0 Å². The molecule has 15 heavy (non-hydrogen) atoms. The van der Waals surface area contributed by atoms with Gasteiger partial charge in [0.2, 0.25) is 0 Å². The average Bonchev–Trinajstić information content (AvgIpc) is 2.16. The summed E-state index contributed by atoms with van der Waals surface area (Å²) in [6.45, 7) is 1.78. The van der Waals surface area contributed by atoms with E-state index in [1.807, 2.05) is 6.07 Å². The van der Waals surface area contributed by atoms with E-state index in [0.29, 0.717) is 11.1 Å². The zero-order valence-electron chi connectivity index (χ0n) is 7.99. The monoisotopic (exact) mass is 244 g/mol. The molecule has 1 aromatic rings. The molecule has 0 atom stereocenters. The fourth-order valence-corrected chi connectivity index (χ4v) is 2.52. The minimum atomic E-state index is -3.83. The third kappa shape index (κ3) is 2.48. The Kier molecular flexibility index (Phi) is 3.35. The van der Waals surface area contributed by atoms with Gasteiger partial charge in [-0.25, -0.2) is 8.42 Å². The summed E-state index contributed by atoms with van der Waals surface area (Å²) in [6.07, 6.45) is 0. The fourth-order valence-electron chi connectivity index (χ4n) is 1.28. The van der Waals surface area contributed by atoms with E-state index < -0.39 is 9.05 Å². The lowest BCUT2D eigenvalue weighted by Crippen LogP contribution is -2.04. The Morgan fingerprint density at radius 3 is 2.53 bits per heavy atom. The Morgan fingerprint density at radius 1 is 1.53 bits per heavy atom. The van der Waals surface area contributed by atoms with Crippen molar-refractivity contribution in [1.29, 1.82) is 5.26 Å². The molecule has 0 aliphatic carbocycles. The van der Waals surface area contributed by atoms with Crippen LogP contribution in [0.15, 0.2) is 17.0 Å². The van der Waals surface area contributed by atoms with E-state index in [1.54, 1.807) is 13.0 Å². The molecule has 0 amide bonds. The van der Waals surface area contributed by atoms with Crippen molar-refractivity contribution in [2.45, 2.75) is 18.4 Å². The smallest absolute Gasteiger partial charge is 0.261 e. The van der Waals surface area contributed by atoms with Gasteiger partial charge in [0.25, 0.3) is 9.05 Å². The Balaban J connectivity index is 3.60. The quantitative estimate of drug-likeness (QED) is 0.794. The maximum atomic E-state index is 11.2. The number of hydrogen-bond acceptors (Lipinski definition) is 4. The predicted molar refractivity (Wildman–Crippen MR) is 56.8 cm³/mol. The van der Waals surface area contributed by atoms with Gasteiger partial charge in [0.1, 0.15) is 0 Å². The van der Waals surface area contributed by atoms with Gasteiger partial charge in [0.05, 0.1) is 16.5 Å². The maximum Gasteiger partial charge on any atom is 0.261 e. The summed E-state index contributed by atoms with van der Waals surface area (Å²) >= 11 is 0. The normalized spacial score (nSPS) is 11.1. The minimum absolute atomic E-state index is 0.0522. The Labute approximate surface area is 92.7 Å². The Bertz CT molecular complexity index is 532. The van der Waals surface area contributed by atoms with Crippen LogP contribution in [0.25, 0.3) is 0 Å². The van der Waals surface area contributed by atoms with Gasteiger partial charge in [0, 0.05) is 17.2 Å². The second kappa shape index (κ2) is 4.19. The van der Waals surface area contributed by atoms with E-state index in [4.69, 9.17) is 21.7 Å². The summed E-state index contributed by atoms with van der Waals surface area (Å²) in [7, 11) is 1.41. The highest BCUT2D eigenvalue weighted by molar-refractivity contribution is 8.13. The van der Waals surface area contributed by atoms with Gasteiger partial charge in [0.15, 0.2) is 0 Å². The highest BCUT2D eigenvalue weighted by Crippen LogP contribution is 2.24. The Morgan fingerprint density at radius 2 is 2.13 bits per heavy atom. The average molecular weight is 245 g/mol. The van der Waals surface area contributed by atoms with Crippen molar-refractivity contribution in [3.05, 3.63) is 28.8 Å². The first-order chi connectivity index (χ1) is 6.90. The third-order valence-electron chi connectivity index (χ3n) is 2.08. The molecule has 80 valence electrons. The summed E-state index contributed by atoms with van der Waals surface area (Å²) in [4.78, 5) is -0.0522. The molecule has 0 spiro atoms. The molecule has 0 aliphatic rings. The molecule has 0 radical (unpaired) electrons. The largest absolute Gasteiger partial charge is 0.326 e. The molecule has 0 aromatic heterocycles. The molecule has 1 rings (SSSR count). The topological polar surface area (TPSA) is 83.9 Å². The first-order valence-corrected chi connectivity index (χ1v) is 6.39. The molecule has 4 nitrogen and oxygen atoms in total. The number of hydrogen-bond donors (Lipinski definition) is 1. The van der Waals surface area contributed by atoms with E-state index in [0.717, 1.165) is 0 Å². The molecule has 0 aliphatic heterocycles. The summed E-state index contributed by atoms with van der Waals surface area (Å²) in [5.41, 5.74) is 6.77. The van der Waals surface area contributed by atoms with Crippen LogP contribution in [0.1, 0.15) is 16.7 Å². The summed E-state index contributed by atoms with van der Waals surface area (Å²) in [5, 5.41) is 8.71. The molecule has 0 bridgehead atoms. The lowest BCUT2D eigenvalue weighted by Gasteiger charge is -2.07. The van der Waals surface area contributed by atoms with Crippen LogP contribution in [0.3, 0.4) is 0 Å². The van der Waals surface area contributed by atoms with Crippen molar-refractivity contribution in [1.82, 2.24) is 0 Å². The Hall–Kier alpha value is -1.09. The lowest BCUT2D eigenvalue weighted by molar-refractivity contribution is 0.609. The summed E-state index contributed by atoms with van der Waals surface area (Å²) < 4.78 is 22.4. The molecule has 0 saturated heterocycles. The second-order valence-corrected chi connectivity index (χ2v) is 5.55. The molecule has 6 heteroatoms. The van der Waals surface area contributed by atoms with Crippen molar-refractivity contribution in [3.63, 3.8) is 0 Å². The molecule has 1 aromatic carbocycles. The van der Waals surface area contributed by atoms with Gasteiger partial charge in [-0.15, -0.1) is 0 Å². The van der Waals surface area contributed by atoms with E-state index in [2.05, 4.69) is 0 Å². The van der Waals surface area contributed by atoms with E-state index in [1.165, 1.54) is 6.07 Å². The van der Waals surface area contributed by atoms with Crippen LogP contribution in [0.2, 0.25) is 0 Å². The van der Waals surface area contributed by atoms with Crippen LogP contribution in [-0.2, 0) is 15.6 Å². The standard InChI is InChI=1S/C9H9ClN2O2S/c1-6-8(5-12)2-7(4-11)3-9(6)15(10,13)14/h2-3H,5,12H2,1H3. The molecule has 0 fully saturated rings. The highest BCUT2D eigenvalue weighted by Gasteiger charge is 2.16. The summed E-state index contributed by atoms with van der Waals surface area (Å²) in [6, 6.07) is 4.67. The lowest BCUT2D eigenvalue weighted by atomic mass is 10.1. The van der Waals surface area contributed by atoms with Crippen LogP contribution in [0, 0.1) is 18.3 Å². The van der Waals surface area contributed by atoms with Crippen LogP contribution < -0.4 is 5.73 Å². The van der Waals surface area contributed by atoms with Gasteiger partial charge in [-0.2, -0.15) is 5.26 Å². The number of nitrogens with zero attached hydrogens (tertiary/aromatic N) is 1. The minimum Gasteiger partial charge on any atom is -0.326 e. The molecule has 0 unspecified atom stereocenters. The van der Waals surface area contributed by atoms with Crippen molar-refractivity contribution >= 4 is 19.7 Å². The predicted octanol–water partition coefficient (Wildman–Crippen LogP) is 1.25. The molecule has 2 N–H and O–H groups in total. The van der Waals surface area contributed by atoms with Gasteiger partial charge >= 0.3 is 0 Å². The number of halogens is 1. The van der Waals surface area contributed by atoms with Crippen LogP contribution >= 0.6 is 10.7 Å².